The maximum absolute atomic E-state index is 12.9. The summed E-state index contributed by atoms with van der Waals surface area (Å²) >= 11 is 0. The van der Waals surface area contributed by atoms with Crippen LogP contribution in [0, 0.1) is 6.92 Å². The van der Waals surface area contributed by atoms with E-state index in [-0.39, 0.29) is 0 Å². The number of hydrogen-bond donors (Lipinski definition) is 2. The molecule has 2 N–H and O–H groups in total. The quantitative estimate of drug-likeness (QED) is 0.485. The number of pyridine rings is 1. The molecule has 126 valence electrons. The second kappa shape index (κ2) is 5.51. The van der Waals surface area contributed by atoms with Crippen molar-refractivity contribution >= 4 is 33.3 Å². The number of halogens is 3. The summed E-state index contributed by atoms with van der Waals surface area (Å²) in [4.78, 5) is 7.47. The minimum absolute atomic E-state index is 0.304. The summed E-state index contributed by atoms with van der Waals surface area (Å²) in [7, 11) is 0. The fraction of sp³-hybridized carbons (Fsp3) is 0.105. The van der Waals surface area contributed by atoms with Gasteiger partial charge in [0.2, 0.25) is 0 Å². The van der Waals surface area contributed by atoms with E-state index in [0.717, 1.165) is 34.3 Å². The molecule has 2 aromatic carbocycles. The van der Waals surface area contributed by atoms with Crippen LogP contribution < -0.4 is 5.32 Å². The Hall–Kier alpha value is -3.02. The van der Waals surface area contributed by atoms with Crippen molar-refractivity contribution in [3.8, 4) is 0 Å². The van der Waals surface area contributed by atoms with Gasteiger partial charge in [0.15, 0.2) is 0 Å². The lowest BCUT2D eigenvalue weighted by atomic mass is 10.1. The number of rotatable bonds is 2. The van der Waals surface area contributed by atoms with E-state index in [1.165, 1.54) is 6.07 Å². The maximum atomic E-state index is 12.9. The summed E-state index contributed by atoms with van der Waals surface area (Å²) in [5.74, 6) is 0.501. The van der Waals surface area contributed by atoms with Crippen molar-refractivity contribution in [3.63, 3.8) is 0 Å². The van der Waals surface area contributed by atoms with E-state index in [2.05, 4.69) is 15.3 Å². The van der Waals surface area contributed by atoms with E-state index in [1.807, 2.05) is 31.3 Å². The van der Waals surface area contributed by atoms with Crippen LogP contribution in [0.4, 0.5) is 24.7 Å². The molecule has 6 heteroatoms. The third-order valence-electron chi connectivity index (χ3n) is 4.18. The Morgan fingerprint density at radius 2 is 1.76 bits per heavy atom. The zero-order chi connectivity index (χ0) is 17.6. The molecule has 2 aromatic heterocycles. The Bertz CT molecular complexity index is 1080. The summed E-state index contributed by atoms with van der Waals surface area (Å²) in [6, 6.07) is 13.1. The van der Waals surface area contributed by atoms with Crippen LogP contribution in [0.1, 0.15) is 11.1 Å². The lowest BCUT2D eigenvalue weighted by molar-refractivity contribution is -0.137. The fourth-order valence-corrected chi connectivity index (χ4v) is 2.85. The lowest BCUT2D eigenvalue weighted by Gasteiger charge is -2.11. The van der Waals surface area contributed by atoms with E-state index >= 15 is 0 Å². The number of aromatic nitrogens is 2. The van der Waals surface area contributed by atoms with Crippen LogP contribution in [-0.4, -0.2) is 9.97 Å². The van der Waals surface area contributed by atoms with Crippen LogP contribution in [0.15, 0.2) is 54.7 Å². The molecular weight excluding hydrogens is 327 g/mol. The summed E-state index contributed by atoms with van der Waals surface area (Å²) in [5.41, 5.74) is 2.46. The fourth-order valence-electron chi connectivity index (χ4n) is 2.85. The average molecular weight is 341 g/mol. The van der Waals surface area contributed by atoms with Crippen LogP contribution in [0.3, 0.4) is 0 Å². The van der Waals surface area contributed by atoms with Gasteiger partial charge in [-0.15, -0.1) is 0 Å². The van der Waals surface area contributed by atoms with Crippen molar-refractivity contribution in [3.05, 3.63) is 65.9 Å². The van der Waals surface area contributed by atoms with Gasteiger partial charge in [0.25, 0.3) is 0 Å². The third kappa shape index (κ3) is 2.91. The van der Waals surface area contributed by atoms with Crippen molar-refractivity contribution in [2.45, 2.75) is 13.1 Å². The Morgan fingerprint density at radius 1 is 0.960 bits per heavy atom. The molecule has 3 nitrogen and oxygen atoms in total. The highest BCUT2D eigenvalue weighted by atomic mass is 19.4. The van der Waals surface area contributed by atoms with Gasteiger partial charge in [0.1, 0.15) is 5.82 Å². The van der Waals surface area contributed by atoms with Crippen molar-refractivity contribution in [2.75, 3.05) is 5.32 Å². The zero-order valence-corrected chi connectivity index (χ0v) is 13.3. The first-order chi connectivity index (χ1) is 11.9. The van der Waals surface area contributed by atoms with Gasteiger partial charge >= 0.3 is 6.18 Å². The number of H-pyrrole nitrogens is 1. The number of anilines is 2. The minimum atomic E-state index is -4.38. The van der Waals surface area contributed by atoms with Crippen LogP contribution in [0.5, 0.6) is 0 Å². The summed E-state index contributed by atoms with van der Waals surface area (Å²) in [6.45, 7) is 1.97. The molecule has 2 heterocycles. The normalized spacial score (nSPS) is 12.0. The molecule has 25 heavy (non-hydrogen) atoms. The van der Waals surface area contributed by atoms with Crippen molar-refractivity contribution in [1.29, 1.82) is 0 Å². The van der Waals surface area contributed by atoms with Crippen molar-refractivity contribution < 1.29 is 13.2 Å². The number of aromatic amines is 1. The Labute approximate surface area is 141 Å². The van der Waals surface area contributed by atoms with Gasteiger partial charge in [0.05, 0.1) is 11.1 Å². The number of benzene rings is 2. The van der Waals surface area contributed by atoms with Gasteiger partial charge in [0, 0.05) is 22.8 Å². The second-order valence-corrected chi connectivity index (χ2v) is 5.96. The molecule has 0 unspecified atom stereocenters. The molecule has 0 amide bonds. The molecule has 0 saturated heterocycles. The van der Waals surface area contributed by atoms with Crippen LogP contribution in [-0.2, 0) is 6.18 Å². The summed E-state index contributed by atoms with van der Waals surface area (Å²) in [6.07, 6.45) is -2.52. The molecule has 0 radical (unpaired) electrons. The van der Waals surface area contributed by atoms with E-state index in [0.29, 0.717) is 16.7 Å². The number of fused-ring (bicyclic) bond motifs is 2. The van der Waals surface area contributed by atoms with E-state index in [1.54, 1.807) is 12.1 Å². The zero-order valence-electron chi connectivity index (χ0n) is 13.3. The van der Waals surface area contributed by atoms with Crippen molar-refractivity contribution in [2.24, 2.45) is 0 Å². The first-order valence-electron chi connectivity index (χ1n) is 7.73. The minimum Gasteiger partial charge on any atom is -0.361 e. The second-order valence-electron chi connectivity index (χ2n) is 5.96. The van der Waals surface area contributed by atoms with E-state index in [9.17, 15) is 13.2 Å². The highest BCUT2D eigenvalue weighted by Gasteiger charge is 2.30. The highest BCUT2D eigenvalue weighted by Crippen LogP contribution is 2.32. The standard InChI is InChI=1S/C19H14F3N3/c1-11-8-13-6-7-23-16(13)10-15(11)24-18-5-3-12-2-4-14(19(20,21)22)9-17(12)25-18/h2-10,23H,1H3,(H,24,25). The number of nitrogens with zero attached hydrogens (tertiary/aromatic N) is 1. The molecule has 0 bridgehead atoms. The SMILES string of the molecule is Cc1cc2cc[nH]c2cc1Nc1ccc2ccc(C(F)(F)F)cc2n1. The van der Waals surface area contributed by atoms with E-state index in [4.69, 9.17) is 0 Å². The maximum Gasteiger partial charge on any atom is 0.416 e. The van der Waals surface area contributed by atoms with Gasteiger partial charge in [-0.3, -0.25) is 0 Å². The average Bonchev–Trinajstić information content (AvgIpc) is 3.00. The highest BCUT2D eigenvalue weighted by molar-refractivity contribution is 5.86. The van der Waals surface area contributed by atoms with Gasteiger partial charge < -0.3 is 10.3 Å². The topological polar surface area (TPSA) is 40.7 Å². The number of alkyl halides is 3. The predicted molar refractivity (Wildman–Crippen MR) is 93.1 cm³/mol. The number of hydrogen-bond acceptors (Lipinski definition) is 2. The molecular formula is C19H14F3N3. The molecule has 0 aliphatic carbocycles. The van der Waals surface area contributed by atoms with Gasteiger partial charge in [-0.05, 0) is 60.3 Å². The molecule has 0 spiro atoms. The van der Waals surface area contributed by atoms with E-state index < -0.39 is 11.7 Å². The molecule has 0 atom stereocenters. The first kappa shape index (κ1) is 15.5. The van der Waals surface area contributed by atoms with Crippen molar-refractivity contribution in [1.82, 2.24) is 9.97 Å². The summed E-state index contributed by atoms with van der Waals surface area (Å²) < 4.78 is 38.7. The third-order valence-corrected chi connectivity index (χ3v) is 4.18. The Morgan fingerprint density at radius 3 is 2.56 bits per heavy atom. The Balaban J connectivity index is 1.74. The van der Waals surface area contributed by atoms with Gasteiger partial charge in [-0.25, -0.2) is 4.98 Å². The molecule has 4 rings (SSSR count). The predicted octanol–water partition coefficient (Wildman–Crippen LogP) is 5.79. The molecule has 4 aromatic rings. The molecule has 0 aliphatic heterocycles. The van der Waals surface area contributed by atoms with Gasteiger partial charge in [-0.2, -0.15) is 13.2 Å². The first-order valence-corrected chi connectivity index (χ1v) is 7.73. The Kier molecular flexibility index (Phi) is 3.42. The monoisotopic (exact) mass is 341 g/mol. The van der Waals surface area contributed by atoms with Crippen LogP contribution in [0.2, 0.25) is 0 Å². The molecule has 0 aliphatic rings. The van der Waals surface area contributed by atoms with Crippen LogP contribution >= 0.6 is 0 Å². The van der Waals surface area contributed by atoms with Gasteiger partial charge in [-0.1, -0.05) is 6.07 Å². The van der Waals surface area contributed by atoms with Crippen LogP contribution in [0.25, 0.3) is 21.8 Å². The largest absolute Gasteiger partial charge is 0.416 e. The molecule has 0 saturated carbocycles. The number of aryl methyl sites for hydroxylation is 1. The summed E-state index contributed by atoms with van der Waals surface area (Å²) in [5, 5.41) is 4.96. The molecule has 0 fully saturated rings. The lowest BCUT2D eigenvalue weighted by Crippen LogP contribution is -2.04. The smallest absolute Gasteiger partial charge is 0.361 e. The number of nitrogens with one attached hydrogen (secondary N) is 2.